The van der Waals surface area contributed by atoms with Crippen LogP contribution in [0, 0.1) is 0 Å². The van der Waals surface area contributed by atoms with Gasteiger partial charge in [-0.15, -0.1) is 0 Å². The summed E-state index contributed by atoms with van der Waals surface area (Å²) in [6.07, 6.45) is 1.74. The van der Waals surface area contributed by atoms with E-state index < -0.39 is 11.6 Å². The third kappa shape index (κ3) is 2.40. The van der Waals surface area contributed by atoms with Gasteiger partial charge in [-0.1, -0.05) is 22.0 Å². The summed E-state index contributed by atoms with van der Waals surface area (Å²) in [4.78, 5) is 28.3. The maximum Gasteiger partial charge on any atom is 0.335 e. The lowest BCUT2D eigenvalue weighted by Crippen LogP contribution is -2.50. The number of nitrogens with one attached hydrogen (secondary N) is 1. The van der Waals surface area contributed by atoms with Crippen LogP contribution in [0.3, 0.4) is 0 Å². The van der Waals surface area contributed by atoms with Crippen molar-refractivity contribution in [3.05, 3.63) is 34.4 Å². The molecule has 0 radical (unpaired) electrons. The van der Waals surface area contributed by atoms with Crippen molar-refractivity contribution in [3.63, 3.8) is 0 Å². The normalized spacial score (nSPS) is 17.6. The van der Waals surface area contributed by atoms with E-state index in [1.165, 1.54) is 0 Å². The molecule has 1 amide bonds. The fourth-order valence-corrected chi connectivity index (χ4v) is 3.35. The van der Waals surface area contributed by atoms with Gasteiger partial charge in [0.25, 0.3) is 5.91 Å². The first-order valence-electron chi connectivity index (χ1n) is 6.93. The third-order valence-electron chi connectivity index (χ3n) is 4.16. The molecule has 1 saturated heterocycles. The van der Waals surface area contributed by atoms with Crippen molar-refractivity contribution in [2.24, 2.45) is 0 Å². The first-order chi connectivity index (χ1) is 10.4. The first kappa shape index (κ1) is 15.1. The van der Waals surface area contributed by atoms with Gasteiger partial charge in [-0.25, -0.2) is 4.79 Å². The number of H-pyrrole nitrogens is 1. The number of halogens is 1. The van der Waals surface area contributed by atoms with Crippen LogP contribution in [0.2, 0.25) is 0 Å². The maximum absolute atomic E-state index is 12.7. The van der Waals surface area contributed by atoms with Gasteiger partial charge in [-0.3, -0.25) is 4.79 Å². The number of carbonyl (C=O) groups is 2. The predicted molar refractivity (Wildman–Crippen MR) is 83.7 cm³/mol. The number of benzene rings is 1. The molecule has 3 N–H and O–H groups in total. The smallest absolute Gasteiger partial charge is 0.335 e. The minimum Gasteiger partial charge on any atom is -0.479 e. The number of fused-ring (bicyclic) bond motifs is 1. The molecular weight excluding hydrogens is 352 g/mol. The second kappa shape index (κ2) is 5.40. The van der Waals surface area contributed by atoms with Gasteiger partial charge in [0.15, 0.2) is 5.60 Å². The van der Waals surface area contributed by atoms with E-state index >= 15 is 0 Å². The summed E-state index contributed by atoms with van der Waals surface area (Å²) in [5.74, 6) is -1.39. The minimum absolute atomic E-state index is 0.0393. The lowest BCUT2D eigenvalue weighted by Gasteiger charge is -2.35. The number of carbonyl (C=O) groups excluding carboxylic acids is 1. The van der Waals surface area contributed by atoms with Gasteiger partial charge in [0.1, 0.15) is 0 Å². The zero-order valence-electron chi connectivity index (χ0n) is 11.7. The highest BCUT2D eigenvalue weighted by Gasteiger charge is 2.40. The van der Waals surface area contributed by atoms with E-state index in [9.17, 15) is 14.7 Å². The standard InChI is InChI=1S/C15H15BrN2O4/c16-10-2-1-3-11-12(10)9(8-17-11)13(19)18-6-4-15(22,5-7-18)14(20)21/h1-3,8,17,22H,4-7H2,(H,20,21). The number of nitrogens with zero attached hydrogens (tertiary/aromatic N) is 1. The number of carboxylic acid groups (broad SMARTS) is 1. The van der Waals surface area contributed by atoms with Gasteiger partial charge in [0.05, 0.1) is 5.56 Å². The predicted octanol–water partition coefficient (Wildman–Crippen LogP) is 1.98. The fraction of sp³-hybridized carbons (Fsp3) is 0.333. The number of aliphatic carboxylic acids is 1. The molecule has 1 fully saturated rings. The number of hydrogen-bond acceptors (Lipinski definition) is 3. The van der Waals surface area contributed by atoms with Crippen LogP contribution in [0.15, 0.2) is 28.9 Å². The molecule has 0 saturated carbocycles. The van der Waals surface area contributed by atoms with Crippen LogP contribution in [0.5, 0.6) is 0 Å². The topological polar surface area (TPSA) is 93.6 Å². The van der Waals surface area contributed by atoms with Gasteiger partial charge >= 0.3 is 5.97 Å². The fourth-order valence-electron chi connectivity index (χ4n) is 2.77. The Hall–Kier alpha value is -1.86. The molecule has 3 rings (SSSR count). The molecule has 0 spiro atoms. The Morgan fingerprint density at radius 3 is 2.59 bits per heavy atom. The minimum atomic E-state index is -1.72. The summed E-state index contributed by atoms with van der Waals surface area (Å²) in [5, 5.41) is 19.8. The Bertz CT molecular complexity index is 747. The molecule has 0 bridgehead atoms. The van der Waals surface area contributed by atoms with E-state index in [1.807, 2.05) is 18.2 Å². The molecule has 1 aromatic carbocycles. The number of aliphatic hydroxyl groups is 1. The van der Waals surface area contributed by atoms with Crippen molar-refractivity contribution >= 4 is 38.7 Å². The molecule has 2 aromatic rings. The van der Waals surface area contributed by atoms with Gasteiger partial charge < -0.3 is 20.1 Å². The van der Waals surface area contributed by atoms with E-state index in [-0.39, 0.29) is 31.8 Å². The van der Waals surface area contributed by atoms with Crippen LogP contribution in [0.4, 0.5) is 0 Å². The van der Waals surface area contributed by atoms with Crippen molar-refractivity contribution in [2.45, 2.75) is 18.4 Å². The number of likely N-dealkylation sites (tertiary alicyclic amines) is 1. The molecule has 22 heavy (non-hydrogen) atoms. The van der Waals surface area contributed by atoms with E-state index in [2.05, 4.69) is 20.9 Å². The Kier molecular flexibility index (Phi) is 3.70. The molecule has 1 aliphatic rings. The molecule has 116 valence electrons. The summed E-state index contributed by atoms with van der Waals surface area (Å²) >= 11 is 3.45. The van der Waals surface area contributed by atoms with E-state index in [4.69, 9.17) is 5.11 Å². The van der Waals surface area contributed by atoms with Gasteiger partial charge in [-0.2, -0.15) is 0 Å². The van der Waals surface area contributed by atoms with Crippen molar-refractivity contribution in [3.8, 4) is 0 Å². The second-order valence-electron chi connectivity index (χ2n) is 5.49. The number of hydrogen-bond donors (Lipinski definition) is 3. The van der Waals surface area contributed by atoms with Crippen LogP contribution >= 0.6 is 15.9 Å². The first-order valence-corrected chi connectivity index (χ1v) is 7.72. The van der Waals surface area contributed by atoms with E-state index in [1.54, 1.807) is 11.1 Å². The SMILES string of the molecule is O=C(c1c[nH]c2cccc(Br)c12)N1CCC(O)(C(=O)O)CC1. The largest absolute Gasteiger partial charge is 0.479 e. The highest BCUT2D eigenvalue weighted by atomic mass is 79.9. The number of aromatic nitrogens is 1. The van der Waals surface area contributed by atoms with Crippen molar-refractivity contribution in [2.75, 3.05) is 13.1 Å². The second-order valence-corrected chi connectivity index (χ2v) is 6.35. The average molecular weight is 367 g/mol. The Morgan fingerprint density at radius 1 is 1.27 bits per heavy atom. The molecule has 1 aromatic heterocycles. The molecule has 0 unspecified atom stereocenters. The Balaban J connectivity index is 1.85. The summed E-state index contributed by atoms with van der Waals surface area (Å²) < 4.78 is 0.827. The third-order valence-corrected chi connectivity index (χ3v) is 4.82. The molecule has 1 aliphatic heterocycles. The zero-order valence-corrected chi connectivity index (χ0v) is 13.3. The monoisotopic (exact) mass is 366 g/mol. The highest BCUT2D eigenvalue weighted by molar-refractivity contribution is 9.10. The maximum atomic E-state index is 12.7. The lowest BCUT2D eigenvalue weighted by molar-refractivity contribution is -0.162. The summed E-state index contributed by atoms with van der Waals surface area (Å²) in [6.45, 7) is 0.442. The van der Waals surface area contributed by atoms with Crippen LogP contribution < -0.4 is 0 Å². The van der Waals surface area contributed by atoms with Crippen LogP contribution in [-0.2, 0) is 4.79 Å². The van der Waals surface area contributed by atoms with Crippen molar-refractivity contribution in [1.82, 2.24) is 9.88 Å². The molecule has 2 heterocycles. The van der Waals surface area contributed by atoms with Crippen LogP contribution in [0.1, 0.15) is 23.2 Å². The Labute approximate surface area is 134 Å². The Morgan fingerprint density at radius 2 is 1.95 bits per heavy atom. The molecule has 0 atom stereocenters. The van der Waals surface area contributed by atoms with Gasteiger partial charge in [0.2, 0.25) is 0 Å². The van der Waals surface area contributed by atoms with Crippen LogP contribution in [0.25, 0.3) is 10.9 Å². The summed E-state index contributed by atoms with van der Waals surface area (Å²) in [5.41, 5.74) is -0.322. The highest BCUT2D eigenvalue weighted by Crippen LogP contribution is 2.29. The van der Waals surface area contributed by atoms with Crippen molar-refractivity contribution < 1.29 is 19.8 Å². The zero-order chi connectivity index (χ0) is 15.9. The number of carboxylic acids is 1. The van der Waals surface area contributed by atoms with Gasteiger partial charge in [-0.05, 0) is 12.1 Å². The molecular formula is C15H15BrN2O4. The lowest BCUT2D eigenvalue weighted by atomic mass is 9.91. The van der Waals surface area contributed by atoms with Crippen LogP contribution in [-0.4, -0.2) is 50.7 Å². The molecule has 0 aliphatic carbocycles. The number of rotatable bonds is 2. The van der Waals surface area contributed by atoms with E-state index in [0.717, 1.165) is 15.4 Å². The number of piperidine rings is 1. The molecule has 7 heteroatoms. The summed E-state index contributed by atoms with van der Waals surface area (Å²) in [6, 6.07) is 5.63. The average Bonchev–Trinajstić information content (AvgIpc) is 2.92. The van der Waals surface area contributed by atoms with E-state index in [0.29, 0.717) is 5.56 Å². The number of aromatic amines is 1. The van der Waals surface area contributed by atoms with Crippen molar-refractivity contribution in [1.29, 1.82) is 0 Å². The molecule has 6 nitrogen and oxygen atoms in total. The van der Waals surface area contributed by atoms with Gasteiger partial charge in [0, 0.05) is 47.5 Å². The summed E-state index contributed by atoms with van der Waals surface area (Å²) in [7, 11) is 0. The number of amides is 1. The quantitative estimate of drug-likeness (QED) is 0.757.